The standard InChI is InChI=1S/C10H19NO4/c1-5-10(2,3)8(12)15-7-6-11-9(13)14-4/h5-7H2,1-4H3,(H,11,13). The Labute approximate surface area is 90.1 Å². The van der Waals surface area contributed by atoms with Gasteiger partial charge in [0.1, 0.15) is 6.61 Å². The molecular weight excluding hydrogens is 198 g/mol. The molecule has 15 heavy (non-hydrogen) atoms. The summed E-state index contributed by atoms with van der Waals surface area (Å²) in [4.78, 5) is 22.1. The fraction of sp³-hybridized carbons (Fsp3) is 0.800. The fourth-order valence-electron chi connectivity index (χ4n) is 0.709. The molecule has 88 valence electrons. The van der Waals surface area contributed by atoms with Gasteiger partial charge >= 0.3 is 12.1 Å². The van der Waals surface area contributed by atoms with Gasteiger partial charge in [-0.15, -0.1) is 0 Å². The number of hydrogen-bond acceptors (Lipinski definition) is 4. The van der Waals surface area contributed by atoms with Crippen LogP contribution in [0, 0.1) is 5.41 Å². The Bertz CT molecular complexity index is 225. The fourth-order valence-corrected chi connectivity index (χ4v) is 0.709. The number of methoxy groups -OCH3 is 1. The monoisotopic (exact) mass is 217 g/mol. The molecule has 0 aromatic carbocycles. The zero-order valence-corrected chi connectivity index (χ0v) is 9.75. The van der Waals surface area contributed by atoms with Crippen LogP contribution in [0.5, 0.6) is 0 Å². The van der Waals surface area contributed by atoms with E-state index in [4.69, 9.17) is 4.74 Å². The van der Waals surface area contributed by atoms with E-state index in [1.807, 2.05) is 20.8 Å². The van der Waals surface area contributed by atoms with Crippen molar-refractivity contribution in [3.8, 4) is 0 Å². The van der Waals surface area contributed by atoms with Gasteiger partial charge in [0.15, 0.2) is 0 Å². The average molecular weight is 217 g/mol. The van der Waals surface area contributed by atoms with Crippen molar-refractivity contribution in [2.45, 2.75) is 27.2 Å². The molecule has 0 aromatic rings. The highest BCUT2D eigenvalue weighted by Gasteiger charge is 2.26. The lowest BCUT2D eigenvalue weighted by Gasteiger charge is -2.20. The second kappa shape index (κ2) is 6.27. The highest BCUT2D eigenvalue weighted by molar-refractivity contribution is 5.75. The number of carbonyl (C=O) groups is 2. The molecule has 5 nitrogen and oxygen atoms in total. The largest absolute Gasteiger partial charge is 0.463 e. The average Bonchev–Trinajstić information content (AvgIpc) is 2.23. The highest BCUT2D eigenvalue weighted by atomic mass is 16.5. The molecule has 0 aliphatic rings. The van der Waals surface area contributed by atoms with Gasteiger partial charge in [-0.25, -0.2) is 4.79 Å². The molecule has 0 aliphatic carbocycles. The maximum absolute atomic E-state index is 11.4. The van der Waals surface area contributed by atoms with Gasteiger partial charge in [-0.1, -0.05) is 6.92 Å². The van der Waals surface area contributed by atoms with Gasteiger partial charge < -0.3 is 14.8 Å². The molecule has 0 bridgehead atoms. The maximum Gasteiger partial charge on any atom is 0.406 e. The maximum atomic E-state index is 11.4. The Morgan fingerprint density at radius 3 is 2.40 bits per heavy atom. The third-order valence-electron chi connectivity index (χ3n) is 2.23. The van der Waals surface area contributed by atoms with E-state index in [0.717, 1.165) is 6.42 Å². The summed E-state index contributed by atoms with van der Waals surface area (Å²) >= 11 is 0. The van der Waals surface area contributed by atoms with Crippen molar-refractivity contribution in [1.29, 1.82) is 0 Å². The molecule has 1 N–H and O–H groups in total. The van der Waals surface area contributed by atoms with Crippen LogP contribution in [0.2, 0.25) is 0 Å². The number of carbonyl (C=O) groups excluding carboxylic acids is 2. The minimum absolute atomic E-state index is 0.164. The number of rotatable bonds is 5. The van der Waals surface area contributed by atoms with Gasteiger partial charge in [-0.3, -0.25) is 4.79 Å². The van der Waals surface area contributed by atoms with Crippen LogP contribution in [-0.2, 0) is 14.3 Å². The van der Waals surface area contributed by atoms with E-state index in [1.54, 1.807) is 0 Å². The molecule has 0 atom stereocenters. The van der Waals surface area contributed by atoms with Gasteiger partial charge in [-0.05, 0) is 20.3 Å². The van der Waals surface area contributed by atoms with E-state index in [9.17, 15) is 9.59 Å². The summed E-state index contributed by atoms with van der Waals surface area (Å²) in [6.45, 7) is 6.00. The Morgan fingerprint density at radius 1 is 1.33 bits per heavy atom. The van der Waals surface area contributed by atoms with Crippen LogP contribution in [-0.4, -0.2) is 32.3 Å². The van der Waals surface area contributed by atoms with Crippen LogP contribution in [0.1, 0.15) is 27.2 Å². The molecule has 0 saturated heterocycles. The summed E-state index contributed by atoms with van der Waals surface area (Å²) in [5.41, 5.74) is -0.467. The smallest absolute Gasteiger partial charge is 0.406 e. The highest BCUT2D eigenvalue weighted by Crippen LogP contribution is 2.21. The molecule has 0 radical (unpaired) electrons. The van der Waals surface area contributed by atoms with Crippen molar-refractivity contribution in [3.63, 3.8) is 0 Å². The van der Waals surface area contributed by atoms with Crippen LogP contribution in [0.25, 0.3) is 0 Å². The molecule has 0 unspecified atom stereocenters. The van der Waals surface area contributed by atoms with E-state index >= 15 is 0 Å². The molecule has 0 heterocycles. The van der Waals surface area contributed by atoms with Crippen LogP contribution < -0.4 is 5.32 Å². The number of ether oxygens (including phenoxy) is 2. The summed E-state index contributed by atoms with van der Waals surface area (Å²) in [6.07, 6.45) is 0.191. The molecule has 5 heteroatoms. The number of amides is 1. The first-order valence-electron chi connectivity index (χ1n) is 4.93. The zero-order valence-electron chi connectivity index (χ0n) is 9.75. The third-order valence-corrected chi connectivity index (χ3v) is 2.23. The van der Waals surface area contributed by atoms with Gasteiger partial charge in [0.2, 0.25) is 0 Å². The molecule has 0 spiro atoms. The molecule has 0 rings (SSSR count). The van der Waals surface area contributed by atoms with Crippen molar-refractivity contribution in [2.75, 3.05) is 20.3 Å². The van der Waals surface area contributed by atoms with Crippen LogP contribution in [0.3, 0.4) is 0 Å². The van der Waals surface area contributed by atoms with Crippen LogP contribution >= 0.6 is 0 Å². The van der Waals surface area contributed by atoms with E-state index in [2.05, 4.69) is 10.1 Å². The summed E-state index contributed by atoms with van der Waals surface area (Å²) in [5, 5.41) is 2.42. The Balaban J connectivity index is 3.69. The SMILES string of the molecule is CCC(C)(C)C(=O)OCCNC(=O)OC. The number of hydrogen-bond donors (Lipinski definition) is 1. The molecule has 0 aromatic heterocycles. The van der Waals surface area contributed by atoms with Crippen LogP contribution in [0.4, 0.5) is 4.79 Å². The summed E-state index contributed by atoms with van der Waals surface area (Å²) < 4.78 is 9.34. The summed E-state index contributed by atoms with van der Waals surface area (Å²) in [7, 11) is 1.28. The Hall–Kier alpha value is -1.26. The van der Waals surface area contributed by atoms with Gasteiger partial charge in [-0.2, -0.15) is 0 Å². The van der Waals surface area contributed by atoms with E-state index in [0.29, 0.717) is 0 Å². The van der Waals surface area contributed by atoms with Gasteiger partial charge in [0, 0.05) is 0 Å². The number of alkyl carbamates (subject to hydrolysis) is 1. The van der Waals surface area contributed by atoms with E-state index < -0.39 is 11.5 Å². The minimum Gasteiger partial charge on any atom is -0.463 e. The first kappa shape index (κ1) is 13.7. The second-order valence-corrected chi connectivity index (χ2v) is 3.79. The predicted octanol–water partition coefficient (Wildman–Crippen LogP) is 1.32. The first-order valence-corrected chi connectivity index (χ1v) is 4.93. The van der Waals surface area contributed by atoms with E-state index in [-0.39, 0.29) is 19.1 Å². The summed E-state index contributed by atoms with van der Waals surface area (Å²) in [5.74, 6) is -0.253. The van der Waals surface area contributed by atoms with Crippen molar-refractivity contribution < 1.29 is 19.1 Å². The quantitative estimate of drug-likeness (QED) is 0.557. The van der Waals surface area contributed by atoms with E-state index in [1.165, 1.54) is 7.11 Å². The Kier molecular flexibility index (Phi) is 5.74. The minimum atomic E-state index is -0.527. The molecule has 0 aliphatic heterocycles. The molecule has 1 amide bonds. The second-order valence-electron chi connectivity index (χ2n) is 3.79. The van der Waals surface area contributed by atoms with Crippen molar-refractivity contribution in [2.24, 2.45) is 5.41 Å². The predicted molar refractivity (Wildman–Crippen MR) is 55.4 cm³/mol. The normalized spacial score (nSPS) is 10.7. The lowest BCUT2D eigenvalue weighted by Crippen LogP contribution is -2.31. The number of nitrogens with one attached hydrogen (secondary N) is 1. The Morgan fingerprint density at radius 2 is 1.93 bits per heavy atom. The van der Waals surface area contributed by atoms with Crippen molar-refractivity contribution in [3.05, 3.63) is 0 Å². The lowest BCUT2D eigenvalue weighted by molar-refractivity contribution is -0.153. The topological polar surface area (TPSA) is 64.6 Å². The number of esters is 1. The van der Waals surface area contributed by atoms with Crippen LogP contribution in [0.15, 0.2) is 0 Å². The molecule has 0 saturated carbocycles. The molecular formula is C10H19NO4. The lowest BCUT2D eigenvalue weighted by atomic mass is 9.91. The van der Waals surface area contributed by atoms with Crippen molar-refractivity contribution >= 4 is 12.1 Å². The van der Waals surface area contributed by atoms with Crippen molar-refractivity contribution in [1.82, 2.24) is 5.32 Å². The zero-order chi connectivity index (χ0) is 11.9. The molecule has 0 fully saturated rings. The third kappa shape index (κ3) is 5.24. The first-order chi connectivity index (χ1) is 6.94. The summed E-state index contributed by atoms with van der Waals surface area (Å²) in [6, 6.07) is 0. The van der Waals surface area contributed by atoms with Gasteiger partial charge in [0.05, 0.1) is 19.1 Å². The van der Waals surface area contributed by atoms with Gasteiger partial charge in [0.25, 0.3) is 0 Å².